The summed E-state index contributed by atoms with van der Waals surface area (Å²) in [6.07, 6.45) is 4.76. The highest BCUT2D eigenvalue weighted by Crippen LogP contribution is 2.22. The summed E-state index contributed by atoms with van der Waals surface area (Å²) >= 11 is 0. The number of hydrogen-bond donors (Lipinski definition) is 3. The Bertz CT molecular complexity index is 879. The molecule has 0 spiro atoms. The van der Waals surface area contributed by atoms with E-state index in [2.05, 4.69) is 46.7 Å². The zero-order chi connectivity index (χ0) is 22.3. The maximum atomic E-state index is 11.7. The molecule has 1 aliphatic carbocycles. The quantitative estimate of drug-likeness (QED) is 0.420. The van der Waals surface area contributed by atoms with Gasteiger partial charge in [-0.2, -0.15) is 0 Å². The van der Waals surface area contributed by atoms with Crippen LogP contribution in [-0.4, -0.2) is 43.1 Å². The average Bonchev–Trinajstić information content (AvgIpc) is 3.41. The largest absolute Gasteiger partial charge is 0.484 e. The van der Waals surface area contributed by atoms with E-state index in [-0.39, 0.29) is 17.9 Å². The van der Waals surface area contributed by atoms with Crippen LogP contribution in [0.25, 0.3) is 0 Å². The SMILES string of the molecule is CN=C(NCCc1ccc(OCC(=O)NC2CC2)cc1)NCc1ncc(C(C)(C)C)o1. The van der Waals surface area contributed by atoms with Gasteiger partial charge in [-0.05, 0) is 37.0 Å². The number of hydrogen-bond acceptors (Lipinski definition) is 5. The normalized spacial score (nSPS) is 14.3. The summed E-state index contributed by atoms with van der Waals surface area (Å²) in [4.78, 5) is 20.2. The lowest BCUT2D eigenvalue weighted by Crippen LogP contribution is -2.37. The molecule has 2 aromatic rings. The predicted octanol–water partition coefficient (Wildman–Crippen LogP) is 2.54. The maximum Gasteiger partial charge on any atom is 0.258 e. The molecule has 1 fully saturated rings. The van der Waals surface area contributed by atoms with Gasteiger partial charge in [0.1, 0.15) is 11.5 Å². The van der Waals surface area contributed by atoms with E-state index < -0.39 is 0 Å². The van der Waals surface area contributed by atoms with Crippen molar-refractivity contribution in [2.24, 2.45) is 4.99 Å². The molecule has 0 bridgehead atoms. The van der Waals surface area contributed by atoms with Gasteiger partial charge in [-0.3, -0.25) is 9.79 Å². The van der Waals surface area contributed by atoms with Gasteiger partial charge in [-0.25, -0.2) is 4.98 Å². The Morgan fingerprint density at radius 3 is 2.58 bits per heavy atom. The minimum Gasteiger partial charge on any atom is -0.484 e. The minimum atomic E-state index is -0.0611. The second kappa shape index (κ2) is 10.3. The third kappa shape index (κ3) is 7.62. The van der Waals surface area contributed by atoms with Gasteiger partial charge in [0.25, 0.3) is 5.91 Å². The molecule has 1 heterocycles. The fourth-order valence-corrected chi connectivity index (χ4v) is 2.84. The molecular formula is C23H33N5O3. The molecule has 1 saturated carbocycles. The van der Waals surface area contributed by atoms with E-state index in [1.165, 1.54) is 5.56 Å². The van der Waals surface area contributed by atoms with Crippen molar-refractivity contribution in [3.05, 3.63) is 47.7 Å². The van der Waals surface area contributed by atoms with E-state index in [9.17, 15) is 4.79 Å². The Morgan fingerprint density at radius 1 is 1.23 bits per heavy atom. The Balaban J connectivity index is 1.36. The van der Waals surface area contributed by atoms with Crippen LogP contribution in [0.4, 0.5) is 0 Å². The van der Waals surface area contributed by atoms with E-state index in [1.54, 1.807) is 13.2 Å². The zero-order valence-electron chi connectivity index (χ0n) is 18.8. The van der Waals surface area contributed by atoms with Crippen LogP contribution in [0.15, 0.2) is 39.9 Å². The number of aromatic nitrogens is 1. The maximum absolute atomic E-state index is 11.7. The molecule has 0 saturated heterocycles. The molecule has 8 heteroatoms. The molecular weight excluding hydrogens is 394 g/mol. The Hall–Kier alpha value is -3.03. The average molecular weight is 428 g/mol. The third-order valence-electron chi connectivity index (χ3n) is 4.87. The lowest BCUT2D eigenvalue weighted by molar-refractivity contribution is -0.123. The first-order valence-electron chi connectivity index (χ1n) is 10.7. The molecule has 1 aromatic heterocycles. The molecule has 1 aromatic carbocycles. The molecule has 8 nitrogen and oxygen atoms in total. The van der Waals surface area contributed by atoms with Crippen molar-refractivity contribution in [1.82, 2.24) is 20.9 Å². The number of oxazole rings is 1. The second-order valence-corrected chi connectivity index (χ2v) is 8.75. The van der Waals surface area contributed by atoms with Gasteiger partial charge in [0.05, 0.1) is 12.7 Å². The number of amides is 1. The molecule has 31 heavy (non-hydrogen) atoms. The number of carbonyl (C=O) groups is 1. The highest BCUT2D eigenvalue weighted by atomic mass is 16.5. The first-order chi connectivity index (χ1) is 14.8. The van der Waals surface area contributed by atoms with Gasteiger partial charge in [0.2, 0.25) is 5.89 Å². The standard InChI is InChI=1S/C23H33N5O3/c1-23(2,3)19-13-26-21(31-19)14-27-22(24-4)25-12-11-16-5-9-18(10-6-16)30-15-20(29)28-17-7-8-17/h5-6,9-10,13,17H,7-8,11-12,14-15H2,1-4H3,(H,28,29)(H2,24,25,27). The van der Waals surface area contributed by atoms with Crippen molar-refractivity contribution in [2.75, 3.05) is 20.2 Å². The Morgan fingerprint density at radius 2 is 1.97 bits per heavy atom. The van der Waals surface area contributed by atoms with Crippen molar-refractivity contribution >= 4 is 11.9 Å². The van der Waals surface area contributed by atoms with Gasteiger partial charge in [0, 0.05) is 25.0 Å². The number of nitrogens with one attached hydrogen (secondary N) is 3. The van der Waals surface area contributed by atoms with Crippen molar-refractivity contribution in [3.63, 3.8) is 0 Å². The van der Waals surface area contributed by atoms with Gasteiger partial charge >= 0.3 is 0 Å². The van der Waals surface area contributed by atoms with Crippen LogP contribution < -0.4 is 20.7 Å². The lowest BCUT2D eigenvalue weighted by atomic mass is 9.94. The van der Waals surface area contributed by atoms with Gasteiger partial charge in [-0.15, -0.1) is 0 Å². The van der Waals surface area contributed by atoms with Gasteiger partial charge in [-0.1, -0.05) is 32.9 Å². The molecule has 0 aliphatic heterocycles. The number of nitrogens with zero attached hydrogens (tertiary/aromatic N) is 2. The molecule has 1 amide bonds. The summed E-state index contributed by atoms with van der Waals surface area (Å²) in [7, 11) is 1.73. The van der Waals surface area contributed by atoms with E-state index >= 15 is 0 Å². The molecule has 0 unspecified atom stereocenters. The van der Waals surface area contributed by atoms with Crippen LogP contribution in [-0.2, 0) is 23.2 Å². The first kappa shape index (κ1) is 22.7. The van der Waals surface area contributed by atoms with E-state index in [0.717, 1.165) is 31.6 Å². The highest BCUT2D eigenvalue weighted by molar-refractivity contribution is 5.79. The molecule has 0 atom stereocenters. The van der Waals surface area contributed by atoms with Gasteiger partial charge in [0.15, 0.2) is 12.6 Å². The number of guanidine groups is 1. The molecule has 3 N–H and O–H groups in total. The molecule has 0 radical (unpaired) electrons. The fraction of sp³-hybridized carbons (Fsp3) is 0.522. The summed E-state index contributed by atoms with van der Waals surface area (Å²) in [5, 5.41) is 9.41. The van der Waals surface area contributed by atoms with Crippen LogP contribution in [0.2, 0.25) is 0 Å². The lowest BCUT2D eigenvalue weighted by Gasteiger charge is -2.13. The third-order valence-corrected chi connectivity index (χ3v) is 4.87. The number of rotatable bonds is 9. The molecule has 168 valence electrons. The molecule has 3 rings (SSSR count). The second-order valence-electron chi connectivity index (χ2n) is 8.75. The van der Waals surface area contributed by atoms with Crippen LogP contribution in [0.1, 0.15) is 50.8 Å². The van der Waals surface area contributed by atoms with Crippen LogP contribution in [0.3, 0.4) is 0 Å². The van der Waals surface area contributed by atoms with Crippen LogP contribution >= 0.6 is 0 Å². The Labute approximate surface area is 183 Å². The summed E-state index contributed by atoms with van der Waals surface area (Å²) in [6.45, 7) is 7.53. The smallest absolute Gasteiger partial charge is 0.258 e. The topological polar surface area (TPSA) is 101 Å². The summed E-state index contributed by atoms with van der Waals surface area (Å²) in [5.41, 5.74) is 1.11. The van der Waals surface area contributed by atoms with Gasteiger partial charge < -0.3 is 25.1 Å². The fourth-order valence-electron chi connectivity index (χ4n) is 2.84. The minimum absolute atomic E-state index is 0.0567. The highest BCUT2D eigenvalue weighted by Gasteiger charge is 2.23. The molecule has 1 aliphatic rings. The summed E-state index contributed by atoms with van der Waals surface area (Å²) < 4.78 is 11.3. The monoisotopic (exact) mass is 427 g/mol. The predicted molar refractivity (Wildman–Crippen MR) is 120 cm³/mol. The van der Waals surface area contributed by atoms with Crippen molar-refractivity contribution in [2.45, 2.75) is 58.0 Å². The van der Waals surface area contributed by atoms with Crippen LogP contribution in [0, 0.1) is 0 Å². The van der Waals surface area contributed by atoms with E-state index in [0.29, 0.717) is 30.2 Å². The number of benzene rings is 1. The summed E-state index contributed by atoms with van der Waals surface area (Å²) in [5.74, 6) is 2.82. The van der Waals surface area contributed by atoms with Crippen molar-refractivity contribution in [1.29, 1.82) is 0 Å². The van der Waals surface area contributed by atoms with E-state index in [1.807, 2.05) is 24.3 Å². The van der Waals surface area contributed by atoms with Crippen molar-refractivity contribution < 1.29 is 13.9 Å². The van der Waals surface area contributed by atoms with Crippen molar-refractivity contribution in [3.8, 4) is 5.75 Å². The number of carbonyl (C=O) groups excluding carboxylic acids is 1. The summed E-state index contributed by atoms with van der Waals surface area (Å²) in [6, 6.07) is 8.15. The number of aliphatic imine (C=N–C) groups is 1. The number of ether oxygens (including phenoxy) is 1. The first-order valence-corrected chi connectivity index (χ1v) is 10.7. The Kier molecular flexibility index (Phi) is 7.55. The zero-order valence-corrected chi connectivity index (χ0v) is 18.8. The van der Waals surface area contributed by atoms with Crippen LogP contribution in [0.5, 0.6) is 5.75 Å². The van der Waals surface area contributed by atoms with E-state index in [4.69, 9.17) is 9.15 Å².